The average molecular weight is 370 g/mol. The third kappa shape index (κ3) is 3.67. The number of para-hydroxylation sites is 1. The van der Waals surface area contributed by atoms with E-state index >= 15 is 0 Å². The molecule has 1 aromatic heterocycles. The molecule has 26 heavy (non-hydrogen) atoms. The van der Waals surface area contributed by atoms with Crippen LogP contribution in [0.1, 0.15) is 28.9 Å². The number of fused-ring (bicyclic) bond motifs is 1. The van der Waals surface area contributed by atoms with Gasteiger partial charge in [-0.25, -0.2) is 8.42 Å². The Bertz CT molecular complexity index is 1130. The molecule has 0 radical (unpaired) electrons. The third-order valence-corrected chi connectivity index (χ3v) is 5.28. The minimum atomic E-state index is -3.27. The van der Waals surface area contributed by atoms with Gasteiger partial charge in [-0.3, -0.25) is 9.59 Å². The summed E-state index contributed by atoms with van der Waals surface area (Å²) in [7, 11) is -3.27. The second-order valence-corrected chi connectivity index (χ2v) is 8.15. The number of carbonyl (C=O) groups excluding carboxylic acids is 1. The first-order chi connectivity index (χ1) is 12.3. The SMILES string of the molecule is CC(NC(=O)c1cc2ccccc2[nH]c1=O)c1ccc(S(C)(=O)=O)cc1. The molecule has 0 aliphatic carbocycles. The molecule has 6 nitrogen and oxygen atoms in total. The fraction of sp³-hybridized carbons (Fsp3) is 0.158. The first-order valence-corrected chi connectivity index (χ1v) is 9.88. The summed E-state index contributed by atoms with van der Waals surface area (Å²) in [5.41, 5.74) is 0.977. The number of sulfone groups is 1. The Morgan fingerprint density at radius 1 is 1.08 bits per heavy atom. The lowest BCUT2D eigenvalue weighted by atomic mass is 10.1. The van der Waals surface area contributed by atoms with E-state index in [2.05, 4.69) is 10.3 Å². The van der Waals surface area contributed by atoms with Crippen molar-refractivity contribution in [3.05, 3.63) is 76.1 Å². The number of aromatic nitrogens is 1. The molecule has 1 heterocycles. The predicted molar refractivity (Wildman–Crippen MR) is 100 cm³/mol. The number of carbonyl (C=O) groups is 1. The Hall–Kier alpha value is -2.93. The number of rotatable bonds is 4. The van der Waals surface area contributed by atoms with Crippen LogP contribution in [0.25, 0.3) is 10.9 Å². The Kier molecular flexibility index (Phi) is 4.65. The molecule has 1 amide bonds. The van der Waals surface area contributed by atoms with E-state index < -0.39 is 21.3 Å². The molecule has 0 saturated heterocycles. The van der Waals surface area contributed by atoms with E-state index in [1.807, 2.05) is 12.1 Å². The van der Waals surface area contributed by atoms with Crippen LogP contribution in [0.5, 0.6) is 0 Å². The van der Waals surface area contributed by atoms with Crippen LogP contribution in [0.15, 0.2) is 64.3 Å². The molecule has 0 saturated carbocycles. The maximum atomic E-state index is 12.5. The summed E-state index contributed by atoms with van der Waals surface area (Å²) in [4.78, 5) is 27.6. The van der Waals surface area contributed by atoms with Gasteiger partial charge in [-0.05, 0) is 42.1 Å². The van der Waals surface area contributed by atoms with Crippen molar-refractivity contribution < 1.29 is 13.2 Å². The van der Waals surface area contributed by atoms with Gasteiger partial charge in [0.2, 0.25) is 0 Å². The highest BCUT2D eigenvalue weighted by molar-refractivity contribution is 7.90. The van der Waals surface area contributed by atoms with Gasteiger partial charge >= 0.3 is 0 Å². The molecular formula is C19H18N2O4S. The summed E-state index contributed by atoms with van der Waals surface area (Å²) in [5, 5.41) is 3.53. The van der Waals surface area contributed by atoms with Gasteiger partial charge in [0.1, 0.15) is 5.56 Å². The van der Waals surface area contributed by atoms with Crippen LogP contribution >= 0.6 is 0 Å². The number of hydrogen-bond acceptors (Lipinski definition) is 4. The number of benzene rings is 2. The Morgan fingerprint density at radius 2 is 1.73 bits per heavy atom. The van der Waals surface area contributed by atoms with Gasteiger partial charge in [0.25, 0.3) is 11.5 Å². The molecule has 1 unspecified atom stereocenters. The van der Waals surface area contributed by atoms with Crippen LogP contribution in [0.3, 0.4) is 0 Å². The molecule has 0 spiro atoms. The van der Waals surface area contributed by atoms with Crippen molar-refractivity contribution in [2.24, 2.45) is 0 Å². The quantitative estimate of drug-likeness (QED) is 0.737. The molecule has 0 fully saturated rings. The molecule has 0 aliphatic heterocycles. The van der Waals surface area contributed by atoms with Gasteiger partial charge in [0.05, 0.1) is 10.9 Å². The van der Waals surface area contributed by atoms with Crippen LogP contribution < -0.4 is 10.9 Å². The van der Waals surface area contributed by atoms with E-state index in [4.69, 9.17) is 0 Å². The van der Waals surface area contributed by atoms with E-state index in [9.17, 15) is 18.0 Å². The van der Waals surface area contributed by atoms with Crippen LogP contribution in [0.2, 0.25) is 0 Å². The van der Waals surface area contributed by atoms with Gasteiger partial charge in [0, 0.05) is 11.8 Å². The number of pyridine rings is 1. The Morgan fingerprint density at radius 3 is 2.38 bits per heavy atom. The standard InChI is InChI=1S/C19H18N2O4S/c1-12(13-7-9-15(10-8-13)26(2,24)25)20-18(22)16-11-14-5-3-4-6-17(14)21-19(16)23/h3-12H,1-2H3,(H,20,22)(H,21,23). The normalized spacial score (nSPS) is 12.7. The minimum Gasteiger partial charge on any atom is -0.345 e. The smallest absolute Gasteiger partial charge is 0.261 e. The highest BCUT2D eigenvalue weighted by atomic mass is 32.2. The summed E-state index contributed by atoms with van der Waals surface area (Å²) in [6, 6.07) is 14.7. The zero-order chi connectivity index (χ0) is 18.9. The highest BCUT2D eigenvalue weighted by Gasteiger charge is 2.16. The van der Waals surface area contributed by atoms with Crippen LogP contribution in [-0.4, -0.2) is 25.6 Å². The maximum Gasteiger partial charge on any atom is 0.261 e. The number of amides is 1. The number of aromatic amines is 1. The highest BCUT2D eigenvalue weighted by Crippen LogP contribution is 2.17. The van der Waals surface area contributed by atoms with Crippen molar-refractivity contribution in [2.45, 2.75) is 17.9 Å². The molecular weight excluding hydrogens is 352 g/mol. The Labute approximate surface area is 150 Å². The van der Waals surface area contributed by atoms with Crippen molar-refractivity contribution in [2.75, 3.05) is 6.26 Å². The topological polar surface area (TPSA) is 96.1 Å². The molecule has 7 heteroatoms. The van der Waals surface area contributed by atoms with Gasteiger partial charge in [0.15, 0.2) is 9.84 Å². The van der Waals surface area contributed by atoms with Gasteiger partial charge in [-0.15, -0.1) is 0 Å². The summed E-state index contributed by atoms with van der Waals surface area (Å²) >= 11 is 0. The lowest BCUT2D eigenvalue weighted by Gasteiger charge is -2.14. The van der Waals surface area contributed by atoms with Crippen molar-refractivity contribution in [3.8, 4) is 0 Å². The first kappa shape index (κ1) is 17.9. The second-order valence-electron chi connectivity index (χ2n) is 6.14. The molecule has 3 aromatic rings. The summed E-state index contributed by atoms with van der Waals surface area (Å²) in [6.07, 6.45) is 1.14. The number of hydrogen-bond donors (Lipinski definition) is 2. The second kappa shape index (κ2) is 6.76. The number of nitrogens with one attached hydrogen (secondary N) is 2. The zero-order valence-electron chi connectivity index (χ0n) is 14.3. The molecule has 0 aliphatic rings. The van der Waals surface area contributed by atoms with Crippen LogP contribution in [0, 0.1) is 0 Å². The van der Waals surface area contributed by atoms with Crippen LogP contribution in [-0.2, 0) is 9.84 Å². The van der Waals surface area contributed by atoms with Crippen molar-refractivity contribution in [1.82, 2.24) is 10.3 Å². The predicted octanol–water partition coefficient (Wildman–Crippen LogP) is 2.42. The summed E-state index contributed by atoms with van der Waals surface area (Å²) in [5.74, 6) is -0.489. The van der Waals surface area contributed by atoms with Gasteiger partial charge in [-0.1, -0.05) is 30.3 Å². The molecule has 3 rings (SSSR count). The largest absolute Gasteiger partial charge is 0.345 e. The van der Waals surface area contributed by atoms with Gasteiger partial charge < -0.3 is 10.3 Å². The molecule has 2 N–H and O–H groups in total. The van der Waals surface area contributed by atoms with Crippen molar-refractivity contribution in [1.29, 1.82) is 0 Å². The first-order valence-electron chi connectivity index (χ1n) is 7.98. The van der Waals surface area contributed by atoms with Crippen LogP contribution in [0.4, 0.5) is 0 Å². The van der Waals surface area contributed by atoms with E-state index in [0.29, 0.717) is 5.52 Å². The van der Waals surface area contributed by atoms with E-state index in [-0.39, 0.29) is 16.5 Å². The average Bonchev–Trinajstić information content (AvgIpc) is 2.60. The zero-order valence-corrected chi connectivity index (χ0v) is 15.1. The lowest BCUT2D eigenvalue weighted by Crippen LogP contribution is -2.31. The fourth-order valence-electron chi connectivity index (χ4n) is 2.68. The van der Waals surface area contributed by atoms with E-state index in [1.165, 1.54) is 12.1 Å². The third-order valence-electron chi connectivity index (χ3n) is 4.15. The number of H-pyrrole nitrogens is 1. The summed E-state index contributed by atoms with van der Waals surface area (Å²) < 4.78 is 23.0. The van der Waals surface area contributed by atoms with Gasteiger partial charge in [-0.2, -0.15) is 0 Å². The molecule has 134 valence electrons. The monoisotopic (exact) mass is 370 g/mol. The maximum absolute atomic E-state index is 12.5. The molecule has 1 atom stereocenters. The van der Waals surface area contributed by atoms with Crippen molar-refractivity contribution >= 4 is 26.6 Å². The van der Waals surface area contributed by atoms with E-state index in [0.717, 1.165) is 17.2 Å². The fourth-order valence-corrected chi connectivity index (χ4v) is 3.31. The Balaban J connectivity index is 1.83. The van der Waals surface area contributed by atoms with E-state index in [1.54, 1.807) is 37.3 Å². The lowest BCUT2D eigenvalue weighted by molar-refractivity contribution is 0.0938. The minimum absolute atomic E-state index is 0.0308. The molecule has 2 aromatic carbocycles. The molecule has 0 bridgehead atoms. The van der Waals surface area contributed by atoms with Crippen molar-refractivity contribution in [3.63, 3.8) is 0 Å². The summed E-state index contributed by atoms with van der Waals surface area (Å²) in [6.45, 7) is 1.77.